The van der Waals surface area contributed by atoms with E-state index in [1.165, 1.54) is 11.3 Å². The van der Waals surface area contributed by atoms with Crippen LogP contribution in [0.4, 0.5) is 5.13 Å². The summed E-state index contributed by atoms with van der Waals surface area (Å²) in [7, 11) is 0. The Balaban J connectivity index is 1.91. The van der Waals surface area contributed by atoms with Crippen LogP contribution in [-0.2, 0) is 4.79 Å². The summed E-state index contributed by atoms with van der Waals surface area (Å²) in [5.74, 6) is -1.10. The molecule has 1 atom stereocenters. The third kappa shape index (κ3) is 2.94. The van der Waals surface area contributed by atoms with E-state index in [1.807, 2.05) is 13.8 Å². The standard InChI is InChI=1S/C17H17N3O3S/c1-10(2)9-13(14(21)19-17-18-7-8-24-17)20-15(22)11-5-3-4-6-12(11)16(20)23/h3-8,10,13H,9H2,1-2H3,(H,18,19,21)/t13-/m1/s1. The first-order valence-electron chi connectivity index (χ1n) is 7.66. The van der Waals surface area contributed by atoms with Crippen LogP contribution in [0.25, 0.3) is 0 Å². The third-order valence-corrected chi connectivity index (χ3v) is 4.49. The number of aromatic nitrogens is 1. The molecule has 124 valence electrons. The van der Waals surface area contributed by atoms with Gasteiger partial charge in [-0.15, -0.1) is 11.3 Å². The van der Waals surface area contributed by atoms with E-state index >= 15 is 0 Å². The maximum absolute atomic E-state index is 12.7. The number of benzene rings is 1. The predicted molar refractivity (Wildman–Crippen MR) is 90.9 cm³/mol. The van der Waals surface area contributed by atoms with Gasteiger partial charge in [-0.05, 0) is 24.5 Å². The Morgan fingerprint density at radius 1 is 1.21 bits per heavy atom. The molecule has 0 bridgehead atoms. The lowest BCUT2D eigenvalue weighted by molar-refractivity contribution is -0.120. The highest BCUT2D eigenvalue weighted by atomic mass is 32.1. The highest BCUT2D eigenvalue weighted by Crippen LogP contribution is 2.27. The van der Waals surface area contributed by atoms with Gasteiger partial charge in [0.2, 0.25) is 5.91 Å². The molecule has 0 aliphatic carbocycles. The number of carbonyl (C=O) groups excluding carboxylic acids is 3. The van der Waals surface area contributed by atoms with Gasteiger partial charge >= 0.3 is 0 Å². The Morgan fingerprint density at radius 3 is 2.33 bits per heavy atom. The van der Waals surface area contributed by atoms with Gasteiger partial charge in [-0.1, -0.05) is 26.0 Å². The lowest BCUT2D eigenvalue weighted by atomic mass is 10.0. The first-order valence-corrected chi connectivity index (χ1v) is 8.54. The molecule has 0 saturated carbocycles. The van der Waals surface area contributed by atoms with Crippen molar-refractivity contribution >= 4 is 34.2 Å². The average molecular weight is 343 g/mol. The molecule has 1 aliphatic rings. The van der Waals surface area contributed by atoms with E-state index in [0.29, 0.717) is 22.7 Å². The lowest BCUT2D eigenvalue weighted by Crippen LogP contribution is -2.47. The molecule has 1 aromatic heterocycles. The number of anilines is 1. The van der Waals surface area contributed by atoms with Gasteiger partial charge in [-0.2, -0.15) is 0 Å². The molecular weight excluding hydrogens is 326 g/mol. The molecule has 0 fully saturated rings. The molecule has 6 nitrogen and oxygen atoms in total. The molecule has 3 amide bonds. The molecule has 7 heteroatoms. The molecule has 2 aromatic rings. The highest BCUT2D eigenvalue weighted by molar-refractivity contribution is 7.13. The van der Waals surface area contributed by atoms with E-state index in [-0.39, 0.29) is 5.92 Å². The summed E-state index contributed by atoms with van der Waals surface area (Å²) in [5, 5.41) is 4.89. The van der Waals surface area contributed by atoms with Crippen molar-refractivity contribution in [3.8, 4) is 0 Å². The molecule has 1 N–H and O–H groups in total. The van der Waals surface area contributed by atoms with Crippen LogP contribution in [0.2, 0.25) is 0 Å². The van der Waals surface area contributed by atoms with Crippen LogP contribution in [0, 0.1) is 5.92 Å². The first kappa shape index (κ1) is 16.3. The Morgan fingerprint density at radius 2 is 1.83 bits per heavy atom. The zero-order valence-electron chi connectivity index (χ0n) is 13.4. The SMILES string of the molecule is CC(C)C[C@H](C(=O)Nc1nccs1)N1C(=O)c2ccccc2C1=O. The fraction of sp³-hybridized carbons (Fsp3) is 0.294. The summed E-state index contributed by atoms with van der Waals surface area (Å²) in [6.45, 7) is 3.89. The summed E-state index contributed by atoms with van der Waals surface area (Å²) in [4.78, 5) is 43.1. The van der Waals surface area contributed by atoms with Crippen LogP contribution < -0.4 is 5.32 Å². The minimum Gasteiger partial charge on any atom is -0.300 e. The monoisotopic (exact) mass is 343 g/mol. The maximum Gasteiger partial charge on any atom is 0.262 e. The van der Waals surface area contributed by atoms with Crippen molar-refractivity contribution in [2.75, 3.05) is 5.32 Å². The van der Waals surface area contributed by atoms with Crippen LogP contribution in [0.3, 0.4) is 0 Å². The minimum absolute atomic E-state index is 0.140. The van der Waals surface area contributed by atoms with E-state index < -0.39 is 23.8 Å². The van der Waals surface area contributed by atoms with E-state index in [4.69, 9.17) is 0 Å². The number of thiazole rings is 1. The minimum atomic E-state index is -0.860. The van der Waals surface area contributed by atoms with Crippen LogP contribution >= 0.6 is 11.3 Å². The zero-order valence-corrected chi connectivity index (χ0v) is 14.2. The lowest BCUT2D eigenvalue weighted by Gasteiger charge is -2.26. The molecule has 24 heavy (non-hydrogen) atoms. The van der Waals surface area contributed by atoms with Crippen molar-refractivity contribution in [3.05, 3.63) is 47.0 Å². The fourth-order valence-electron chi connectivity index (χ4n) is 2.74. The smallest absolute Gasteiger partial charge is 0.262 e. The van der Waals surface area contributed by atoms with Crippen molar-refractivity contribution < 1.29 is 14.4 Å². The second-order valence-corrected chi connectivity index (χ2v) is 6.89. The number of hydrogen-bond donors (Lipinski definition) is 1. The van der Waals surface area contributed by atoms with Gasteiger partial charge < -0.3 is 5.32 Å². The van der Waals surface area contributed by atoms with Crippen molar-refractivity contribution in [2.45, 2.75) is 26.3 Å². The van der Waals surface area contributed by atoms with Gasteiger partial charge in [0.05, 0.1) is 11.1 Å². The number of nitrogens with one attached hydrogen (secondary N) is 1. The Labute approximate surface area is 143 Å². The van der Waals surface area contributed by atoms with Gasteiger partial charge in [0, 0.05) is 11.6 Å². The van der Waals surface area contributed by atoms with Crippen molar-refractivity contribution in [2.24, 2.45) is 5.92 Å². The zero-order chi connectivity index (χ0) is 17.3. The second-order valence-electron chi connectivity index (χ2n) is 6.00. The van der Waals surface area contributed by atoms with E-state index in [2.05, 4.69) is 10.3 Å². The van der Waals surface area contributed by atoms with Crippen LogP contribution in [0.1, 0.15) is 41.0 Å². The van der Waals surface area contributed by atoms with Gasteiger partial charge in [0.15, 0.2) is 5.13 Å². The highest BCUT2D eigenvalue weighted by Gasteiger charge is 2.42. The van der Waals surface area contributed by atoms with Crippen LogP contribution in [0.5, 0.6) is 0 Å². The Bertz CT molecular complexity index is 751. The largest absolute Gasteiger partial charge is 0.300 e. The number of hydrogen-bond acceptors (Lipinski definition) is 5. The van der Waals surface area contributed by atoms with Crippen LogP contribution in [-0.4, -0.2) is 33.6 Å². The van der Waals surface area contributed by atoms with Crippen molar-refractivity contribution in [1.82, 2.24) is 9.88 Å². The molecule has 1 aliphatic heterocycles. The maximum atomic E-state index is 12.7. The summed E-state index contributed by atoms with van der Waals surface area (Å²) in [5.41, 5.74) is 0.691. The van der Waals surface area contributed by atoms with Crippen molar-refractivity contribution in [3.63, 3.8) is 0 Å². The number of nitrogens with zero attached hydrogens (tertiary/aromatic N) is 2. The topological polar surface area (TPSA) is 79.4 Å². The average Bonchev–Trinajstić information content (AvgIpc) is 3.14. The van der Waals surface area contributed by atoms with E-state index in [1.54, 1.807) is 35.8 Å². The van der Waals surface area contributed by atoms with Crippen LogP contribution in [0.15, 0.2) is 35.8 Å². The van der Waals surface area contributed by atoms with Crippen molar-refractivity contribution in [1.29, 1.82) is 0 Å². The Hall–Kier alpha value is -2.54. The number of imide groups is 1. The summed E-state index contributed by atoms with van der Waals surface area (Å²) >= 11 is 1.29. The van der Waals surface area contributed by atoms with Gasteiger partial charge in [-0.25, -0.2) is 4.98 Å². The van der Waals surface area contributed by atoms with Gasteiger partial charge in [0.25, 0.3) is 11.8 Å². The summed E-state index contributed by atoms with van der Waals surface area (Å²) < 4.78 is 0. The normalized spacial score (nSPS) is 14.9. The third-order valence-electron chi connectivity index (χ3n) is 3.80. The Kier molecular flexibility index (Phi) is 4.44. The van der Waals surface area contributed by atoms with Gasteiger partial charge in [-0.3, -0.25) is 19.3 Å². The molecular formula is C17H17N3O3S. The number of rotatable bonds is 5. The van der Waals surface area contributed by atoms with Gasteiger partial charge in [0.1, 0.15) is 6.04 Å². The van der Waals surface area contributed by atoms with E-state index in [0.717, 1.165) is 4.90 Å². The molecule has 2 heterocycles. The molecule has 0 unspecified atom stereocenters. The first-order chi connectivity index (χ1) is 11.5. The number of carbonyl (C=O) groups is 3. The number of fused-ring (bicyclic) bond motifs is 1. The molecule has 0 spiro atoms. The molecule has 1 aromatic carbocycles. The second kappa shape index (κ2) is 6.52. The quantitative estimate of drug-likeness (QED) is 0.847. The fourth-order valence-corrected chi connectivity index (χ4v) is 3.27. The summed E-state index contributed by atoms with van der Waals surface area (Å²) in [6.07, 6.45) is 1.97. The molecule has 0 saturated heterocycles. The number of amides is 3. The summed E-state index contributed by atoms with van der Waals surface area (Å²) in [6, 6.07) is 5.78. The molecule has 3 rings (SSSR count). The van der Waals surface area contributed by atoms with E-state index in [9.17, 15) is 14.4 Å². The molecule has 0 radical (unpaired) electrons. The predicted octanol–water partition coefficient (Wildman–Crippen LogP) is 2.79.